The number of halogens is 1. The molecule has 2 aliphatic carbocycles. The first kappa shape index (κ1) is 6.76. The zero-order valence-electron chi connectivity index (χ0n) is 15.9. The Balaban J connectivity index is 2.37. The maximum atomic E-state index is 12.0. The van der Waals surface area contributed by atoms with Crippen LogP contribution in [0.4, 0.5) is 0 Å². The van der Waals surface area contributed by atoms with Crippen molar-refractivity contribution in [1.29, 1.82) is 0 Å². The summed E-state index contributed by atoms with van der Waals surface area (Å²) in [4.78, 5) is 12.0. The number of benzene rings is 1. The van der Waals surface area contributed by atoms with Crippen LogP contribution in [0.1, 0.15) is 44.1 Å². The summed E-state index contributed by atoms with van der Waals surface area (Å²) in [7, 11) is 0. The molecule has 2 N–H and O–H groups in total. The Bertz CT molecular complexity index is 819. The number of primary amides is 1. The molecular weight excluding hydrogens is 246 g/mol. The molecule has 1 unspecified atom stereocenters. The molecule has 1 aromatic rings. The highest BCUT2D eigenvalue weighted by Crippen LogP contribution is 2.45. The van der Waals surface area contributed by atoms with Crippen molar-refractivity contribution >= 4 is 23.1 Å². The zero-order valence-corrected chi connectivity index (χ0v) is 10.6. The molecule has 0 spiro atoms. The van der Waals surface area contributed by atoms with Crippen molar-refractivity contribution in [2.24, 2.45) is 11.6 Å². The molecule has 0 bridgehead atoms. The zero-order chi connectivity index (χ0) is 18.2. The SMILES string of the molecule is [2H]c1c(C)c(Cl)cc2c1CC1=C2C([2H])([2H])CC([2H])([2H])C1([2H])C(N)=O. The summed E-state index contributed by atoms with van der Waals surface area (Å²) < 4.78 is 49.4. The van der Waals surface area contributed by atoms with Crippen LogP contribution in [0, 0.1) is 12.8 Å². The Morgan fingerprint density at radius 3 is 3.22 bits per heavy atom. The molecule has 0 saturated heterocycles. The van der Waals surface area contributed by atoms with Gasteiger partial charge in [-0.3, -0.25) is 4.79 Å². The molecule has 1 amide bonds. The van der Waals surface area contributed by atoms with Crippen molar-refractivity contribution in [3.05, 3.63) is 39.4 Å². The highest BCUT2D eigenvalue weighted by molar-refractivity contribution is 6.31. The van der Waals surface area contributed by atoms with Gasteiger partial charge in [-0.1, -0.05) is 17.6 Å². The summed E-state index contributed by atoms with van der Waals surface area (Å²) in [5.74, 6) is -3.53. The number of rotatable bonds is 1. The molecule has 2 nitrogen and oxygen atoms in total. The lowest BCUT2D eigenvalue weighted by Gasteiger charge is -2.22. The summed E-state index contributed by atoms with van der Waals surface area (Å²) in [6, 6.07) is 1.65. The van der Waals surface area contributed by atoms with Crippen molar-refractivity contribution in [3.8, 4) is 0 Å². The van der Waals surface area contributed by atoms with Gasteiger partial charge in [-0.05, 0) is 66.4 Å². The van der Waals surface area contributed by atoms with Crippen LogP contribution in [0.3, 0.4) is 0 Å². The minimum atomic E-state index is -2.45. The van der Waals surface area contributed by atoms with Crippen molar-refractivity contribution in [3.63, 3.8) is 0 Å². The molecule has 0 fully saturated rings. The van der Waals surface area contributed by atoms with Crippen molar-refractivity contribution in [2.75, 3.05) is 0 Å². The Hall–Kier alpha value is -1.28. The van der Waals surface area contributed by atoms with E-state index in [0.717, 1.165) is 0 Å². The molecule has 0 aromatic heterocycles. The third-order valence-electron chi connectivity index (χ3n) is 3.30. The third-order valence-corrected chi connectivity index (χ3v) is 3.69. The predicted molar refractivity (Wildman–Crippen MR) is 73.3 cm³/mol. The molecule has 18 heavy (non-hydrogen) atoms. The van der Waals surface area contributed by atoms with Crippen LogP contribution in [0.15, 0.2) is 17.7 Å². The Labute approximate surface area is 120 Å². The van der Waals surface area contributed by atoms with Gasteiger partial charge in [-0.25, -0.2) is 0 Å². The maximum Gasteiger partial charge on any atom is 0.224 e. The summed E-state index contributed by atoms with van der Waals surface area (Å²) in [6.45, 7) is 1.66. The fourth-order valence-electron chi connectivity index (χ4n) is 2.44. The van der Waals surface area contributed by atoms with Crippen molar-refractivity contribution in [1.82, 2.24) is 0 Å². The monoisotopic (exact) mass is 267 g/mol. The second kappa shape index (κ2) is 4.13. The van der Waals surface area contributed by atoms with Crippen LogP contribution in [-0.2, 0) is 11.2 Å². The first-order valence-corrected chi connectivity index (χ1v) is 6.05. The highest BCUT2D eigenvalue weighted by Gasteiger charge is 2.33. The molecule has 3 rings (SSSR count). The quantitative estimate of drug-likeness (QED) is 0.834. The standard InChI is InChI=1S/C15H16ClNO/c1-8-5-9-6-13-10(12(9)7-14(8)16)3-2-4-11(13)15(17)18/h5,7,11H,2-4,6H2,1H3,(H2,17,18)/i3D2,4D2,5D,11D. The van der Waals surface area contributed by atoms with E-state index in [1.807, 2.05) is 0 Å². The Morgan fingerprint density at radius 1 is 1.72 bits per heavy atom. The molecule has 1 aromatic carbocycles. The second-order valence-corrected chi connectivity index (χ2v) is 4.84. The topological polar surface area (TPSA) is 43.1 Å². The molecule has 0 heterocycles. The molecular formula is C15H16ClNO. The van der Waals surface area contributed by atoms with Crippen LogP contribution in [0.25, 0.3) is 5.57 Å². The first-order valence-electron chi connectivity index (χ1n) is 8.67. The van der Waals surface area contributed by atoms with E-state index in [4.69, 9.17) is 25.6 Å². The molecule has 3 heteroatoms. The number of fused-ring (bicyclic) bond motifs is 2. The van der Waals surface area contributed by atoms with E-state index in [1.54, 1.807) is 6.92 Å². The Kier molecular flexibility index (Phi) is 1.55. The summed E-state index contributed by atoms with van der Waals surface area (Å²) >= 11 is 6.13. The largest absolute Gasteiger partial charge is 0.369 e. The lowest BCUT2D eigenvalue weighted by molar-refractivity contribution is -0.121. The second-order valence-electron chi connectivity index (χ2n) is 4.43. The fraction of sp³-hybridized carbons (Fsp3) is 0.400. The van der Waals surface area contributed by atoms with Gasteiger partial charge in [-0.15, -0.1) is 0 Å². The van der Waals surface area contributed by atoms with Crippen molar-refractivity contribution < 1.29 is 13.0 Å². The number of allylic oxidation sites excluding steroid dienone is 1. The van der Waals surface area contributed by atoms with Gasteiger partial charge >= 0.3 is 0 Å². The van der Waals surface area contributed by atoms with E-state index < -0.39 is 31.0 Å². The average molecular weight is 268 g/mol. The number of amides is 1. The van der Waals surface area contributed by atoms with Gasteiger partial charge in [0, 0.05) is 11.9 Å². The van der Waals surface area contributed by atoms with E-state index in [2.05, 4.69) is 0 Å². The maximum absolute atomic E-state index is 12.0. The highest BCUT2D eigenvalue weighted by atomic mass is 35.5. The number of nitrogens with two attached hydrogens (primary N) is 1. The van der Waals surface area contributed by atoms with Crippen LogP contribution in [-0.4, -0.2) is 5.91 Å². The summed E-state index contributed by atoms with van der Waals surface area (Å²) in [5.41, 5.74) is 6.80. The van der Waals surface area contributed by atoms with E-state index in [1.165, 1.54) is 6.07 Å². The summed E-state index contributed by atoms with van der Waals surface area (Å²) in [5, 5.41) is 0.298. The van der Waals surface area contributed by atoms with Gasteiger partial charge in [0.05, 0.1) is 7.26 Å². The van der Waals surface area contributed by atoms with Gasteiger partial charge in [0.25, 0.3) is 0 Å². The van der Waals surface area contributed by atoms with E-state index in [-0.39, 0.29) is 23.6 Å². The van der Waals surface area contributed by atoms with Crippen LogP contribution >= 0.6 is 11.6 Å². The first-order chi connectivity index (χ1) is 10.8. The van der Waals surface area contributed by atoms with Crippen molar-refractivity contribution in [2.45, 2.75) is 32.5 Å². The van der Waals surface area contributed by atoms with E-state index in [0.29, 0.717) is 21.7 Å². The van der Waals surface area contributed by atoms with Gasteiger partial charge < -0.3 is 5.73 Å². The van der Waals surface area contributed by atoms with Crippen LogP contribution in [0.2, 0.25) is 5.02 Å². The predicted octanol–water partition coefficient (Wildman–Crippen LogP) is 3.24. The van der Waals surface area contributed by atoms with Crippen LogP contribution in [0.5, 0.6) is 0 Å². The molecule has 2 aliphatic rings. The third kappa shape index (κ3) is 1.67. The lowest BCUT2D eigenvalue weighted by atomic mass is 9.82. The molecule has 1 atom stereocenters. The molecule has 0 aliphatic heterocycles. The number of carbonyl (C=O) groups excluding carboxylic acids is 1. The van der Waals surface area contributed by atoms with Gasteiger partial charge in [0.1, 0.15) is 0 Å². The lowest BCUT2D eigenvalue weighted by Crippen LogP contribution is -2.27. The van der Waals surface area contributed by atoms with Gasteiger partial charge in [0.15, 0.2) is 0 Å². The summed E-state index contributed by atoms with van der Waals surface area (Å²) in [6.07, 6.45) is -5.25. The smallest absolute Gasteiger partial charge is 0.224 e. The molecule has 94 valence electrons. The van der Waals surface area contributed by atoms with Gasteiger partial charge in [0.2, 0.25) is 5.91 Å². The minimum Gasteiger partial charge on any atom is -0.369 e. The number of carbonyl (C=O) groups is 1. The Morgan fingerprint density at radius 2 is 2.50 bits per heavy atom. The van der Waals surface area contributed by atoms with Crippen LogP contribution < -0.4 is 5.73 Å². The minimum absolute atomic E-state index is 0.00131. The average Bonchev–Trinajstić information content (AvgIpc) is 2.82. The number of hydrogen-bond acceptors (Lipinski definition) is 1. The molecule has 0 radical (unpaired) electrons. The molecule has 0 saturated carbocycles. The number of hydrogen-bond donors (Lipinski definition) is 1. The van der Waals surface area contributed by atoms with E-state index in [9.17, 15) is 4.79 Å². The van der Waals surface area contributed by atoms with E-state index >= 15 is 0 Å². The fourth-order valence-corrected chi connectivity index (χ4v) is 2.60. The van der Waals surface area contributed by atoms with Gasteiger partial charge in [-0.2, -0.15) is 0 Å². The normalized spacial score (nSPS) is 36.3.